The molecule has 4 heterocycles. The number of sulfonamides is 1. The molecule has 12 heteroatoms. The summed E-state index contributed by atoms with van der Waals surface area (Å²) in [4.78, 5) is 23.8. The lowest BCUT2D eigenvalue weighted by atomic mass is 10.3. The first-order valence-corrected chi connectivity index (χ1v) is 15.2. The van der Waals surface area contributed by atoms with E-state index in [-0.39, 0.29) is 10.8 Å². The zero-order valence-corrected chi connectivity index (χ0v) is 23.3. The van der Waals surface area contributed by atoms with Crippen LogP contribution in [0.4, 0.5) is 11.8 Å². The van der Waals surface area contributed by atoms with Crippen molar-refractivity contribution >= 4 is 33.0 Å². The molecular weight excluding hydrogens is 502 g/mol. The Morgan fingerprint density at radius 1 is 0.816 bits per heavy atom. The van der Waals surface area contributed by atoms with Gasteiger partial charge in [-0.15, -0.1) is 0 Å². The van der Waals surface area contributed by atoms with E-state index in [1.54, 1.807) is 30.3 Å². The second-order valence-electron chi connectivity index (χ2n) is 9.95. The van der Waals surface area contributed by atoms with E-state index in [0.29, 0.717) is 17.0 Å². The number of piperazine rings is 2. The Bertz CT molecular complexity index is 1300. The molecular formula is C26H39N9O2S. The highest BCUT2D eigenvalue weighted by molar-refractivity contribution is 7.92. The minimum atomic E-state index is -3.82. The number of hydrogen-bond donors (Lipinski definition) is 1. The third kappa shape index (κ3) is 6.09. The summed E-state index contributed by atoms with van der Waals surface area (Å²) in [6, 6.07) is 8.33. The standard InChI is InChI=1S/C26H39N9O2S/c1-3-31-13-15-33(16-14-31)11-8-12-35-21-27-23-24(34-19-17-32(4-2)18-20-34)28-26(29-25(23)35)30-38(36,37)22-9-6-5-7-10-22/h5-7,9-10,21H,3-4,8,11-20H2,1-2H3,(H,28,29,30). The van der Waals surface area contributed by atoms with Gasteiger partial charge in [0.25, 0.3) is 10.0 Å². The first kappa shape index (κ1) is 26.8. The minimum Gasteiger partial charge on any atom is -0.352 e. The molecule has 38 heavy (non-hydrogen) atoms. The van der Waals surface area contributed by atoms with Crippen LogP contribution in [0.2, 0.25) is 0 Å². The lowest BCUT2D eigenvalue weighted by molar-refractivity contribution is 0.135. The first-order valence-electron chi connectivity index (χ1n) is 13.7. The van der Waals surface area contributed by atoms with Gasteiger partial charge in [-0.2, -0.15) is 9.97 Å². The highest BCUT2D eigenvalue weighted by Gasteiger charge is 2.24. The maximum Gasteiger partial charge on any atom is 0.264 e. The van der Waals surface area contributed by atoms with Gasteiger partial charge in [-0.1, -0.05) is 32.0 Å². The van der Waals surface area contributed by atoms with Crippen molar-refractivity contribution < 1.29 is 8.42 Å². The van der Waals surface area contributed by atoms with Gasteiger partial charge >= 0.3 is 0 Å². The Labute approximate surface area is 225 Å². The van der Waals surface area contributed by atoms with E-state index in [9.17, 15) is 8.42 Å². The van der Waals surface area contributed by atoms with E-state index in [1.165, 1.54) is 0 Å². The Morgan fingerprint density at radius 2 is 1.45 bits per heavy atom. The van der Waals surface area contributed by atoms with Crippen molar-refractivity contribution in [2.24, 2.45) is 0 Å². The van der Waals surface area contributed by atoms with Crippen LogP contribution in [0, 0.1) is 0 Å². The molecule has 0 spiro atoms. The summed E-state index contributed by atoms with van der Waals surface area (Å²) in [5.41, 5.74) is 1.38. The molecule has 5 rings (SSSR count). The van der Waals surface area contributed by atoms with Crippen LogP contribution < -0.4 is 9.62 Å². The van der Waals surface area contributed by atoms with E-state index in [0.717, 1.165) is 85.0 Å². The summed E-state index contributed by atoms with van der Waals surface area (Å²) in [7, 11) is -3.82. The van der Waals surface area contributed by atoms with Gasteiger partial charge in [-0.25, -0.2) is 18.1 Å². The van der Waals surface area contributed by atoms with E-state index in [1.807, 2.05) is 10.9 Å². The van der Waals surface area contributed by atoms with Gasteiger partial charge in [-0.3, -0.25) is 0 Å². The number of benzene rings is 1. The van der Waals surface area contributed by atoms with Gasteiger partial charge < -0.3 is 24.2 Å². The average molecular weight is 542 g/mol. The van der Waals surface area contributed by atoms with Gasteiger partial charge in [0.05, 0.1) is 11.2 Å². The number of nitrogens with zero attached hydrogens (tertiary/aromatic N) is 8. The first-order chi connectivity index (χ1) is 18.5. The van der Waals surface area contributed by atoms with Crippen molar-refractivity contribution in [3.63, 3.8) is 0 Å². The van der Waals surface area contributed by atoms with Crippen LogP contribution >= 0.6 is 0 Å². The number of likely N-dealkylation sites (N-methyl/N-ethyl adjacent to an activating group) is 2. The van der Waals surface area contributed by atoms with Gasteiger partial charge in [-0.05, 0) is 38.2 Å². The number of fused-ring (bicyclic) bond motifs is 1. The van der Waals surface area contributed by atoms with Gasteiger partial charge in [0.2, 0.25) is 5.95 Å². The number of imidazole rings is 1. The average Bonchev–Trinajstić information content (AvgIpc) is 3.36. The fraction of sp³-hybridized carbons (Fsp3) is 0.577. The molecule has 0 amide bonds. The van der Waals surface area contributed by atoms with Crippen molar-refractivity contribution in [1.29, 1.82) is 0 Å². The van der Waals surface area contributed by atoms with Crippen LogP contribution in [0.3, 0.4) is 0 Å². The molecule has 206 valence electrons. The van der Waals surface area contributed by atoms with Crippen molar-refractivity contribution in [3.05, 3.63) is 36.7 Å². The number of rotatable bonds is 10. The van der Waals surface area contributed by atoms with Gasteiger partial charge in [0.1, 0.15) is 0 Å². The minimum absolute atomic E-state index is 0.0757. The van der Waals surface area contributed by atoms with Crippen LogP contribution in [-0.2, 0) is 16.6 Å². The van der Waals surface area contributed by atoms with Crippen LogP contribution in [-0.4, -0.2) is 115 Å². The fourth-order valence-corrected chi connectivity index (χ4v) is 6.17. The Morgan fingerprint density at radius 3 is 2.11 bits per heavy atom. The summed E-state index contributed by atoms with van der Waals surface area (Å²) in [6.45, 7) is 16.2. The van der Waals surface area contributed by atoms with Crippen LogP contribution in [0.5, 0.6) is 0 Å². The van der Waals surface area contributed by atoms with Crippen LogP contribution in [0.25, 0.3) is 11.2 Å². The largest absolute Gasteiger partial charge is 0.352 e. The number of anilines is 2. The maximum absolute atomic E-state index is 13.1. The Hall–Kier alpha value is -2.80. The molecule has 0 saturated carbocycles. The second kappa shape index (κ2) is 11.9. The van der Waals surface area contributed by atoms with Crippen LogP contribution in [0.1, 0.15) is 20.3 Å². The highest BCUT2D eigenvalue weighted by Crippen LogP contribution is 2.26. The molecule has 2 aliphatic rings. The predicted octanol–water partition coefficient (Wildman–Crippen LogP) is 1.80. The predicted molar refractivity (Wildman–Crippen MR) is 150 cm³/mol. The van der Waals surface area contributed by atoms with Crippen molar-refractivity contribution in [3.8, 4) is 0 Å². The molecule has 1 N–H and O–H groups in total. The summed E-state index contributed by atoms with van der Waals surface area (Å²) in [5.74, 6) is 0.762. The monoisotopic (exact) mass is 541 g/mol. The Balaban J connectivity index is 1.38. The van der Waals surface area contributed by atoms with E-state index in [2.05, 4.69) is 48.1 Å². The fourth-order valence-electron chi connectivity index (χ4n) is 5.21. The van der Waals surface area contributed by atoms with Crippen molar-refractivity contribution in [2.75, 3.05) is 81.6 Å². The topological polar surface area (TPSA) is 103 Å². The molecule has 0 bridgehead atoms. The van der Waals surface area contributed by atoms with Gasteiger partial charge in [0, 0.05) is 58.9 Å². The SMILES string of the molecule is CCN1CCN(CCCn2cnc3c(N4CCN(CC)CC4)nc(NS(=O)(=O)c4ccccc4)nc32)CC1. The molecule has 3 aromatic rings. The summed E-state index contributed by atoms with van der Waals surface area (Å²) in [6.07, 6.45) is 2.78. The molecule has 11 nitrogen and oxygen atoms in total. The molecule has 0 aliphatic carbocycles. The molecule has 0 unspecified atom stereocenters. The lowest BCUT2D eigenvalue weighted by Crippen LogP contribution is -2.46. The van der Waals surface area contributed by atoms with E-state index >= 15 is 0 Å². The quantitative estimate of drug-likeness (QED) is 0.412. The number of hydrogen-bond acceptors (Lipinski definition) is 9. The van der Waals surface area contributed by atoms with Gasteiger partial charge in [0.15, 0.2) is 17.0 Å². The second-order valence-corrected chi connectivity index (χ2v) is 11.6. The smallest absolute Gasteiger partial charge is 0.264 e. The van der Waals surface area contributed by atoms with Crippen molar-refractivity contribution in [1.82, 2.24) is 34.2 Å². The molecule has 0 atom stereocenters. The molecule has 2 fully saturated rings. The van der Waals surface area contributed by atoms with Crippen LogP contribution in [0.15, 0.2) is 41.6 Å². The summed E-state index contributed by atoms with van der Waals surface area (Å²) >= 11 is 0. The number of nitrogens with one attached hydrogen (secondary N) is 1. The molecule has 0 radical (unpaired) electrons. The third-order valence-corrected chi connectivity index (χ3v) is 8.97. The molecule has 2 saturated heterocycles. The normalized spacial score (nSPS) is 18.3. The molecule has 2 aromatic heterocycles. The van der Waals surface area contributed by atoms with E-state index < -0.39 is 10.0 Å². The maximum atomic E-state index is 13.1. The Kier molecular flexibility index (Phi) is 8.42. The zero-order chi connectivity index (χ0) is 26.5. The molecule has 2 aliphatic heterocycles. The third-order valence-electron chi connectivity index (χ3n) is 7.63. The summed E-state index contributed by atoms with van der Waals surface area (Å²) in [5, 5.41) is 0. The highest BCUT2D eigenvalue weighted by atomic mass is 32.2. The molecule has 1 aromatic carbocycles. The lowest BCUT2D eigenvalue weighted by Gasteiger charge is -2.34. The number of aromatic nitrogens is 4. The zero-order valence-electron chi connectivity index (χ0n) is 22.5. The summed E-state index contributed by atoms with van der Waals surface area (Å²) < 4.78 is 30.8. The van der Waals surface area contributed by atoms with E-state index in [4.69, 9.17) is 4.98 Å². The van der Waals surface area contributed by atoms with Crippen molar-refractivity contribution in [2.45, 2.75) is 31.7 Å². The number of aryl methyl sites for hydroxylation is 1.